The Kier molecular flexibility index (Phi) is 2.23. The van der Waals surface area contributed by atoms with Crippen molar-refractivity contribution < 1.29 is 0 Å². The van der Waals surface area contributed by atoms with Gasteiger partial charge < -0.3 is 16.5 Å². The van der Waals surface area contributed by atoms with Crippen LogP contribution in [-0.2, 0) is 0 Å². The second-order valence-electron chi connectivity index (χ2n) is 3.56. The number of hydrogen-bond acceptors (Lipinski definition) is 3. The van der Waals surface area contributed by atoms with Crippen molar-refractivity contribution in [3.05, 3.63) is 30.1 Å². The van der Waals surface area contributed by atoms with Crippen molar-refractivity contribution in [1.82, 2.24) is 9.97 Å². The lowest BCUT2D eigenvalue weighted by molar-refractivity contribution is 0.589. The molecule has 0 saturated carbocycles. The summed E-state index contributed by atoms with van der Waals surface area (Å²) in [5, 5.41) is 0. The van der Waals surface area contributed by atoms with Gasteiger partial charge in [0.15, 0.2) is 0 Å². The molecule has 2 rings (SSSR count). The van der Waals surface area contributed by atoms with Crippen molar-refractivity contribution in [2.45, 2.75) is 19.0 Å². The lowest BCUT2D eigenvalue weighted by atomic mass is 10.0. The summed E-state index contributed by atoms with van der Waals surface area (Å²) in [6.07, 6.45) is 1.67. The van der Waals surface area contributed by atoms with Crippen LogP contribution in [0.4, 0.5) is 0 Å². The molecule has 5 N–H and O–H groups in total. The van der Waals surface area contributed by atoms with E-state index in [2.05, 4.69) is 9.97 Å². The van der Waals surface area contributed by atoms with Crippen molar-refractivity contribution in [3.8, 4) is 0 Å². The summed E-state index contributed by atoms with van der Waals surface area (Å²) in [6, 6.07) is 5.75. The van der Waals surface area contributed by atoms with Crippen LogP contribution in [0.3, 0.4) is 0 Å². The first-order valence-corrected chi connectivity index (χ1v) is 4.62. The first-order valence-electron chi connectivity index (χ1n) is 4.62. The average molecular weight is 190 g/mol. The number of aromatic nitrogens is 2. The maximum Gasteiger partial charge on any atom is 0.0931 e. The predicted octanol–water partition coefficient (Wildman–Crippen LogP) is 0.910. The molecule has 4 nitrogen and oxygen atoms in total. The molecule has 1 aromatic heterocycles. The summed E-state index contributed by atoms with van der Waals surface area (Å²) in [7, 11) is 0. The topological polar surface area (TPSA) is 80.7 Å². The summed E-state index contributed by atoms with van der Waals surface area (Å²) in [5.74, 6) is 0. The molecule has 14 heavy (non-hydrogen) atoms. The average Bonchev–Trinajstić information content (AvgIpc) is 2.62. The van der Waals surface area contributed by atoms with E-state index >= 15 is 0 Å². The Hall–Kier alpha value is -1.39. The molecule has 0 amide bonds. The van der Waals surface area contributed by atoms with Crippen molar-refractivity contribution >= 4 is 11.0 Å². The highest BCUT2D eigenvalue weighted by atomic mass is 14.9. The monoisotopic (exact) mass is 190 g/mol. The van der Waals surface area contributed by atoms with E-state index in [4.69, 9.17) is 11.5 Å². The van der Waals surface area contributed by atoms with Gasteiger partial charge in [0.05, 0.1) is 17.4 Å². The number of H-pyrrole nitrogens is 1. The number of nitrogens with zero attached hydrogens (tertiary/aromatic N) is 1. The van der Waals surface area contributed by atoms with Crippen LogP contribution in [-0.4, -0.2) is 16.0 Å². The van der Waals surface area contributed by atoms with Crippen LogP contribution in [0.15, 0.2) is 24.5 Å². The van der Waals surface area contributed by atoms with Gasteiger partial charge in [0.25, 0.3) is 0 Å². The van der Waals surface area contributed by atoms with E-state index in [1.54, 1.807) is 6.33 Å². The molecule has 74 valence electrons. The number of rotatable bonds is 2. The van der Waals surface area contributed by atoms with Gasteiger partial charge in [-0.3, -0.25) is 0 Å². The molecular weight excluding hydrogens is 176 g/mol. The third-order valence-corrected chi connectivity index (χ3v) is 2.40. The largest absolute Gasteiger partial charge is 0.345 e. The number of nitrogens with two attached hydrogens (primary N) is 2. The minimum atomic E-state index is -0.123. The number of benzene rings is 1. The predicted molar refractivity (Wildman–Crippen MR) is 56.7 cm³/mol. The van der Waals surface area contributed by atoms with Crippen molar-refractivity contribution in [2.24, 2.45) is 11.5 Å². The Balaban J connectivity index is 2.43. The summed E-state index contributed by atoms with van der Waals surface area (Å²) in [4.78, 5) is 7.18. The van der Waals surface area contributed by atoms with Crippen LogP contribution in [0.5, 0.6) is 0 Å². The Labute approximate surface area is 82.3 Å². The molecule has 2 atom stereocenters. The second kappa shape index (κ2) is 3.40. The van der Waals surface area contributed by atoms with E-state index in [0.717, 1.165) is 16.6 Å². The van der Waals surface area contributed by atoms with Crippen LogP contribution in [0.2, 0.25) is 0 Å². The lowest BCUT2D eigenvalue weighted by Crippen LogP contribution is -2.30. The normalized spacial score (nSPS) is 15.6. The fraction of sp³-hybridized carbons (Fsp3) is 0.300. The quantitative estimate of drug-likeness (QED) is 0.658. The fourth-order valence-corrected chi connectivity index (χ4v) is 1.46. The van der Waals surface area contributed by atoms with Crippen molar-refractivity contribution in [3.63, 3.8) is 0 Å². The molecule has 0 aliphatic rings. The molecule has 2 aromatic rings. The van der Waals surface area contributed by atoms with Gasteiger partial charge in [-0.05, 0) is 24.6 Å². The third kappa shape index (κ3) is 1.49. The molecule has 0 aliphatic heterocycles. The van der Waals surface area contributed by atoms with Crippen LogP contribution < -0.4 is 11.5 Å². The minimum absolute atomic E-state index is 0.0460. The third-order valence-electron chi connectivity index (χ3n) is 2.40. The molecule has 0 spiro atoms. The number of nitrogens with one attached hydrogen (secondary N) is 1. The minimum Gasteiger partial charge on any atom is -0.345 e. The molecule has 0 fully saturated rings. The molecule has 0 aliphatic carbocycles. The molecule has 4 heteroatoms. The van der Waals surface area contributed by atoms with E-state index in [1.807, 2.05) is 25.1 Å². The van der Waals surface area contributed by atoms with Crippen molar-refractivity contribution in [2.75, 3.05) is 0 Å². The molecule has 0 radical (unpaired) electrons. The zero-order chi connectivity index (χ0) is 10.1. The number of aromatic amines is 1. The lowest BCUT2D eigenvalue weighted by Gasteiger charge is -2.15. The molecule has 1 heterocycles. The van der Waals surface area contributed by atoms with Gasteiger partial charge in [0.1, 0.15) is 0 Å². The van der Waals surface area contributed by atoms with Crippen LogP contribution in [0.1, 0.15) is 18.5 Å². The highest BCUT2D eigenvalue weighted by Gasteiger charge is 2.11. The van der Waals surface area contributed by atoms with Crippen LogP contribution in [0.25, 0.3) is 11.0 Å². The van der Waals surface area contributed by atoms with E-state index in [1.165, 1.54) is 0 Å². The molecular formula is C10H14N4. The standard InChI is InChI=1S/C10H14N4/c1-6(11)10(12)7-2-3-8-9(4-7)14-5-13-8/h2-6,10H,11-12H2,1H3,(H,13,14). The first-order chi connectivity index (χ1) is 6.68. The summed E-state index contributed by atoms with van der Waals surface area (Å²) in [6.45, 7) is 1.90. The molecule has 1 aromatic carbocycles. The van der Waals surface area contributed by atoms with Gasteiger partial charge in [0, 0.05) is 12.1 Å². The fourth-order valence-electron chi connectivity index (χ4n) is 1.46. The molecule has 2 unspecified atom stereocenters. The highest BCUT2D eigenvalue weighted by molar-refractivity contribution is 5.75. The van der Waals surface area contributed by atoms with E-state index in [-0.39, 0.29) is 12.1 Å². The molecule has 0 saturated heterocycles. The van der Waals surface area contributed by atoms with Gasteiger partial charge in [-0.1, -0.05) is 6.07 Å². The Bertz CT molecular complexity index is 432. The van der Waals surface area contributed by atoms with Crippen LogP contribution >= 0.6 is 0 Å². The van der Waals surface area contributed by atoms with Crippen molar-refractivity contribution in [1.29, 1.82) is 0 Å². The van der Waals surface area contributed by atoms with E-state index in [9.17, 15) is 0 Å². The van der Waals surface area contributed by atoms with Gasteiger partial charge in [-0.2, -0.15) is 0 Å². The van der Waals surface area contributed by atoms with Crippen LogP contribution in [0, 0.1) is 0 Å². The maximum absolute atomic E-state index is 5.94. The van der Waals surface area contributed by atoms with Gasteiger partial charge in [0.2, 0.25) is 0 Å². The SMILES string of the molecule is CC(N)C(N)c1ccc2nc[nH]c2c1. The highest BCUT2D eigenvalue weighted by Crippen LogP contribution is 2.17. The summed E-state index contributed by atoms with van der Waals surface area (Å²) >= 11 is 0. The van der Waals surface area contributed by atoms with Gasteiger partial charge in [-0.25, -0.2) is 4.98 Å². The Morgan fingerprint density at radius 1 is 1.36 bits per heavy atom. The Morgan fingerprint density at radius 3 is 2.86 bits per heavy atom. The summed E-state index contributed by atoms with van der Waals surface area (Å²) < 4.78 is 0. The molecule has 0 bridgehead atoms. The van der Waals surface area contributed by atoms with Gasteiger partial charge in [-0.15, -0.1) is 0 Å². The van der Waals surface area contributed by atoms with E-state index in [0.29, 0.717) is 0 Å². The zero-order valence-electron chi connectivity index (χ0n) is 8.07. The zero-order valence-corrected chi connectivity index (χ0v) is 8.07. The first kappa shape index (κ1) is 9.18. The van der Waals surface area contributed by atoms with Gasteiger partial charge >= 0.3 is 0 Å². The van der Waals surface area contributed by atoms with E-state index < -0.39 is 0 Å². The number of imidazole rings is 1. The maximum atomic E-state index is 5.94. The number of hydrogen-bond donors (Lipinski definition) is 3. The number of fused-ring (bicyclic) bond motifs is 1. The smallest absolute Gasteiger partial charge is 0.0931 e. The Morgan fingerprint density at radius 2 is 2.14 bits per heavy atom. The summed E-state index contributed by atoms with van der Waals surface area (Å²) in [5.41, 5.74) is 14.7. The second-order valence-corrected chi connectivity index (χ2v) is 3.56.